The number of pyridine rings is 1. The predicted octanol–water partition coefficient (Wildman–Crippen LogP) is 4.53. The van der Waals surface area contributed by atoms with Crippen LogP contribution in [0.1, 0.15) is 16.1 Å². The number of nitrogens with one attached hydrogen (secondary N) is 1. The van der Waals surface area contributed by atoms with Crippen molar-refractivity contribution in [3.63, 3.8) is 0 Å². The lowest BCUT2D eigenvalue weighted by Gasteiger charge is -2.12. The van der Waals surface area contributed by atoms with Crippen LogP contribution in [0.15, 0.2) is 46.3 Å². The summed E-state index contributed by atoms with van der Waals surface area (Å²) in [6.07, 6.45) is 0. The second kappa shape index (κ2) is 7.32. The predicted molar refractivity (Wildman–Crippen MR) is 107 cm³/mol. The maximum atomic E-state index is 13.2. The number of carbonyl (C=O) groups is 1. The molecule has 0 radical (unpaired) electrons. The van der Waals surface area contributed by atoms with Crippen molar-refractivity contribution in [1.82, 2.24) is 10.1 Å². The Morgan fingerprint density at radius 1 is 1.18 bits per heavy atom. The number of carbonyl (C=O) groups excluding carboxylic acids is 1. The zero-order chi connectivity index (χ0) is 19.7. The number of benzene rings is 1. The summed E-state index contributed by atoms with van der Waals surface area (Å²) >= 11 is 1.53. The van der Waals surface area contributed by atoms with Gasteiger partial charge in [-0.3, -0.25) is 4.79 Å². The molecular weight excluding hydrogens is 378 g/mol. The summed E-state index contributed by atoms with van der Waals surface area (Å²) in [7, 11) is 3.11. The minimum Gasteiger partial charge on any atom is -0.497 e. The van der Waals surface area contributed by atoms with Crippen molar-refractivity contribution >= 4 is 34.0 Å². The zero-order valence-corrected chi connectivity index (χ0v) is 16.3. The number of hydrogen-bond acceptors (Lipinski definition) is 7. The number of methoxy groups -OCH3 is 2. The molecule has 0 aliphatic rings. The lowest BCUT2D eigenvalue weighted by molar-refractivity contribution is 0.102. The third-order valence-electron chi connectivity index (χ3n) is 4.29. The van der Waals surface area contributed by atoms with E-state index < -0.39 is 0 Å². The molecule has 142 valence electrons. The fourth-order valence-corrected chi connectivity index (χ4v) is 3.61. The van der Waals surface area contributed by atoms with Crippen LogP contribution in [-0.2, 0) is 0 Å². The first-order chi connectivity index (χ1) is 13.6. The second-order valence-electron chi connectivity index (χ2n) is 6.00. The van der Waals surface area contributed by atoms with E-state index in [9.17, 15) is 4.79 Å². The molecule has 8 heteroatoms. The van der Waals surface area contributed by atoms with Gasteiger partial charge < -0.3 is 19.3 Å². The van der Waals surface area contributed by atoms with E-state index in [1.165, 1.54) is 11.3 Å². The van der Waals surface area contributed by atoms with Gasteiger partial charge in [-0.15, -0.1) is 11.3 Å². The molecular formula is C20H17N3O4S. The van der Waals surface area contributed by atoms with E-state index in [0.717, 1.165) is 4.88 Å². The minimum atomic E-state index is -0.317. The number of fused-ring (bicyclic) bond motifs is 1. The van der Waals surface area contributed by atoms with Gasteiger partial charge in [0.25, 0.3) is 11.6 Å². The minimum absolute atomic E-state index is 0.317. The Morgan fingerprint density at radius 2 is 2.04 bits per heavy atom. The Bertz CT molecular complexity index is 1150. The first-order valence-corrected chi connectivity index (χ1v) is 9.33. The maximum Gasteiger partial charge on any atom is 0.259 e. The van der Waals surface area contributed by atoms with Gasteiger partial charge in [0.2, 0.25) is 0 Å². The Kier molecular flexibility index (Phi) is 4.70. The van der Waals surface area contributed by atoms with E-state index in [1.54, 1.807) is 45.4 Å². The average molecular weight is 395 g/mol. The van der Waals surface area contributed by atoms with E-state index in [4.69, 9.17) is 14.0 Å². The first-order valence-electron chi connectivity index (χ1n) is 8.45. The van der Waals surface area contributed by atoms with Gasteiger partial charge >= 0.3 is 0 Å². The van der Waals surface area contributed by atoms with Gasteiger partial charge in [0.15, 0.2) is 0 Å². The Hall–Kier alpha value is -3.39. The normalized spacial score (nSPS) is 10.8. The van der Waals surface area contributed by atoms with Gasteiger partial charge in [-0.05, 0) is 36.6 Å². The van der Waals surface area contributed by atoms with Crippen molar-refractivity contribution in [2.75, 3.05) is 19.5 Å². The number of aromatic nitrogens is 2. The highest BCUT2D eigenvalue weighted by atomic mass is 32.1. The lowest BCUT2D eigenvalue weighted by Crippen LogP contribution is -2.14. The van der Waals surface area contributed by atoms with Gasteiger partial charge in [-0.25, -0.2) is 4.98 Å². The third-order valence-corrected chi connectivity index (χ3v) is 5.18. The van der Waals surface area contributed by atoms with Crippen LogP contribution in [0.4, 0.5) is 5.69 Å². The molecule has 28 heavy (non-hydrogen) atoms. The molecule has 3 aromatic heterocycles. The van der Waals surface area contributed by atoms with Crippen molar-refractivity contribution < 1.29 is 18.8 Å². The van der Waals surface area contributed by atoms with Crippen molar-refractivity contribution in [3.05, 3.63) is 53.0 Å². The largest absolute Gasteiger partial charge is 0.497 e. The number of thiophene rings is 1. The number of anilines is 1. The Balaban J connectivity index is 1.80. The van der Waals surface area contributed by atoms with Crippen LogP contribution in [0.2, 0.25) is 0 Å². The molecule has 1 amide bonds. The van der Waals surface area contributed by atoms with Crippen LogP contribution in [0.5, 0.6) is 11.5 Å². The highest BCUT2D eigenvalue weighted by Crippen LogP contribution is 2.32. The summed E-state index contributed by atoms with van der Waals surface area (Å²) in [5.74, 6) is 0.819. The quantitative estimate of drug-likeness (QED) is 0.534. The van der Waals surface area contributed by atoms with Crippen molar-refractivity contribution in [3.8, 4) is 22.1 Å². The fraction of sp³-hybridized carbons (Fsp3) is 0.150. The van der Waals surface area contributed by atoms with Crippen LogP contribution in [-0.4, -0.2) is 30.3 Å². The molecule has 0 saturated heterocycles. The summed E-state index contributed by atoms with van der Waals surface area (Å²) in [4.78, 5) is 18.6. The van der Waals surface area contributed by atoms with E-state index in [2.05, 4.69) is 15.5 Å². The summed E-state index contributed by atoms with van der Waals surface area (Å²) in [5.41, 5.74) is 2.51. The molecule has 0 saturated carbocycles. The number of hydrogen-bond donors (Lipinski definition) is 1. The highest BCUT2D eigenvalue weighted by molar-refractivity contribution is 7.13. The molecule has 0 bridgehead atoms. The molecule has 0 unspecified atom stereocenters. The van der Waals surface area contributed by atoms with Gasteiger partial charge in [0.1, 0.15) is 11.5 Å². The van der Waals surface area contributed by atoms with Crippen LogP contribution in [0.25, 0.3) is 21.7 Å². The molecule has 3 heterocycles. The van der Waals surface area contributed by atoms with Crippen LogP contribution >= 0.6 is 11.3 Å². The van der Waals surface area contributed by atoms with Gasteiger partial charge in [0, 0.05) is 6.07 Å². The molecule has 4 aromatic rings. The molecule has 1 aromatic carbocycles. The highest BCUT2D eigenvalue weighted by Gasteiger charge is 2.21. The van der Waals surface area contributed by atoms with Crippen molar-refractivity contribution in [2.24, 2.45) is 0 Å². The van der Waals surface area contributed by atoms with Crippen molar-refractivity contribution in [2.45, 2.75) is 6.92 Å². The molecule has 4 rings (SSSR count). The average Bonchev–Trinajstić information content (AvgIpc) is 3.37. The molecule has 0 aliphatic carbocycles. The van der Waals surface area contributed by atoms with Gasteiger partial charge in [-0.1, -0.05) is 11.2 Å². The zero-order valence-electron chi connectivity index (χ0n) is 15.5. The van der Waals surface area contributed by atoms with E-state index in [-0.39, 0.29) is 5.91 Å². The number of aryl methyl sites for hydroxylation is 1. The summed E-state index contributed by atoms with van der Waals surface area (Å²) in [6, 6.07) is 10.8. The number of nitrogens with zero attached hydrogens (tertiary/aromatic N) is 2. The summed E-state index contributed by atoms with van der Waals surface area (Å²) < 4.78 is 15.9. The van der Waals surface area contributed by atoms with E-state index in [0.29, 0.717) is 45.2 Å². The smallest absolute Gasteiger partial charge is 0.259 e. The molecule has 0 spiro atoms. The lowest BCUT2D eigenvalue weighted by atomic mass is 10.1. The number of rotatable bonds is 5. The molecule has 1 N–H and O–H groups in total. The molecule has 0 atom stereocenters. The Labute approximate surface area is 164 Å². The second-order valence-corrected chi connectivity index (χ2v) is 6.95. The molecule has 0 aliphatic heterocycles. The number of ether oxygens (including phenoxy) is 2. The summed E-state index contributed by atoms with van der Waals surface area (Å²) in [5, 5.41) is 9.40. The SMILES string of the molecule is COc1ccc(OC)c(NC(=O)c2cc(-c3cccs3)nc3onc(C)c23)c1. The van der Waals surface area contributed by atoms with Crippen LogP contribution in [0, 0.1) is 6.92 Å². The third kappa shape index (κ3) is 3.18. The van der Waals surface area contributed by atoms with Gasteiger partial charge in [-0.2, -0.15) is 0 Å². The van der Waals surface area contributed by atoms with E-state index >= 15 is 0 Å². The topological polar surface area (TPSA) is 86.5 Å². The van der Waals surface area contributed by atoms with E-state index in [1.807, 2.05) is 17.5 Å². The first kappa shape index (κ1) is 18.0. The monoisotopic (exact) mass is 395 g/mol. The van der Waals surface area contributed by atoms with Crippen LogP contribution < -0.4 is 14.8 Å². The molecule has 7 nitrogen and oxygen atoms in total. The van der Waals surface area contributed by atoms with Crippen molar-refractivity contribution in [1.29, 1.82) is 0 Å². The maximum absolute atomic E-state index is 13.2. The summed E-state index contributed by atoms with van der Waals surface area (Å²) in [6.45, 7) is 1.78. The standard InChI is InChI=1S/C20H17N3O4S/c1-11-18-13(10-15(17-5-4-8-28-17)22-20(18)27-23-11)19(24)21-14-9-12(25-2)6-7-16(14)26-3/h4-10H,1-3H3,(H,21,24). The molecule has 0 fully saturated rings. The fourth-order valence-electron chi connectivity index (χ4n) is 2.93. The van der Waals surface area contributed by atoms with Gasteiger partial charge in [0.05, 0.1) is 47.1 Å². The number of amides is 1. The van der Waals surface area contributed by atoms with Crippen LogP contribution in [0.3, 0.4) is 0 Å². The Morgan fingerprint density at radius 3 is 2.75 bits per heavy atom.